The molecule has 0 heterocycles. The van der Waals surface area contributed by atoms with Crippen LogP contribution in [0.2, 0.25) is 0 Å². The minimum absolute atomic E-state index is 0.0817. The summed E-state index contributed by atoms with van der Waals surface area (Å²) in [5.74, 6) is -1.04. The van der Waals surface area contributed by atoms with Gasteiger partial charge in [0, 0.05) is 31.3 Å². The maximum atomic E-state index is 11.5. The average molecular weight is 272 g/mol. The Balaban J connectivity index is 3.55. The fraction of sp³-hybridized carbons (Fsp3) is 0.769. The van der Waals surface area contributed by atoms with Crippen molar-refractivity contribution in [1.29, 1.82) is 0 Å². The number of hydrogen-bond donors (Lipinski definition) is 3. The fourth-order valence-corrected chi connectivity index (χ4v) is 1.27. The van der Waals surface area contributed by atoms with Crippen LogP contribution in [0.4, 0.5) is 0 Å². The molecular formula is C13H24N2O4. The lowest BCUT2D eigenvalue weighted by Gasteiger charge is -2.17. The minimum atomic E-state index is -0.823. The van der Waals surface area contributed by atoms with E-state index >= 15 is 0 Å². The number of unbranched alkanes of at least 4 members (excludes halogenated alkanes) is 1. The molecule has 0 bridgehead atoms. The molecule has 110 valence electrons. The van der Waals surface area contributed by atoms with E-state index in [-0.39, 0.29) is 24.7 Å². The van der Waals surface area contributed by atoms with Crippen molar-refractivity contribution in [2.24, 2.45) is 5.41 Å². The molecule has 0 aromatic carbocycles. The van der Waals surface area contributed by atoms with Crippen LogP contribution in [-0.4, -0.2) is 36.0 Å². The van der Waals surface area contributed by atoms with Gasteiger partial charge in [-0.3, -0.25) is 14.4 Å². The molecule has 6 nitrogen and oxygen atoms in total. The summed E-state index contributed by atoms with van der Waals surface area (Å²) in [6, 6.07) is 0. The first-order valence-corrected chi connectivity index (χ1v) is 6.50. The van der Waals surface area contributed by atoms with E-state index in [1.807, 2.05) is 20.8 Å². The maximum Gasteiger partial charge on any atom is 0.303 e. The van der Waals surface area contributed by atoms with Crippen molar-refractivity contribution in [3.8, 4) is 0 Å². The molecule has 0 spiro atoms. The van der Waals surface area contributed by atoms with Crippen LogP contribution in [0.5, 0.6) is 0 Å². The van der Waals surface area contributed by atoms with Gasteiger partial charge < -0.3 is 15.7 Å². The number of carbonyl (C=O) groups is 3. The smallest absolute Gasteiger partial charge is 0.303 e. The molecule has 0 aromatic heterocycles. The van der Waals surface area contributed by atoms with Crippen LogP contribution in [0, 0.1) is 5.41 Å². The number of amides is 2. The lowest BCUT2D eigenvalue weighted by molar-refractivity contribution is -0.137. The van der Waals surface area contributed by atoms with E-state index in [2.05, 4.69) is 10.6 Å². The van der Waals surface area contributed by atoms with Gasteiger partial charge in [0.2, 0.25) is 11.8 Å². The van der Waals surface area contributed by atoms with Gasteiger partial charge in [0.15, 0.2) is 0 Å². The monoisotopic (exact) mass is 272 g/mol. The van der Waals surface area contributed by atoms with Crippen molar-refractivity contribution < 1.29 is 19.5 Å². The van der Waals surface area contributed by atoms with E-state index in [1.165, 1.54) is 0 Å². The predicted octanol–water partition coefficient (Wildman–Crippen LogP) is 0.910. The van der Waals surface area contributed by atoms with E-state index in [1.54, 1.807) is 0 Å². The SMILES string of the molecule is CC(C)(C)C(=O)NCCC(=O)NCCCCC(=O)O. The van der Waals surface area contributed by atoms with E-state index in [4.69, 9.17) is 5.11 Å². The zero-order valence-electron chi connectivity index (χ0n) is 11.9. The van der Waals surface area contributed by atoms with Crippen molar-refractivity contribution in [1.82, 2.24) is 10.6 Å². The molecule has 0 atom stereocenters. The van der Waals surface area contributed by atoms with Crippen molar-refractivity contribution in [2.45, 2.75) is 46.5 Å². The highest BCUT2D eigenvalue weighted by atomic mass is 16.4. The number of nitrogens with one attached hydrogen (secondary N) is 2. The van der Waals surface area contributed by atoms with Crippen LogP contribution >= 0.6 is 0 Å². The van der Waals surface area contributed by atoms with Crippen molar-refractivity contribution in [3.05, 3.63) is 0 Å². The van der Waals surface area contributed by atoms with Gasteiger partial charge in [-0.1, -0.05) is 20.8 Å². The zero-order chi connectivity index (χ0) is 14.9. The second kappa shape index (κ2) is 8.50. The van der Waals surface area contributed by atoms with E-state index in [0.717, 1.165) is 0 Å². The van der Waals surface area contributed by atoms with E-state index in [9.17, 15) is 14.4 Å². The average Bonchev–Trinajstić information content (AvgIpc) is 2.26. The highest BCUT2D eigenvalue weighted by Gasteiger charge is 2.20. The Morgan fingerprint density at radius 3 is 2.11 bits per heavy atom. The molecule has 0 aliphatic carbocycles. The molecule has 0 aliphatic heterocycles. The summed E-state index contributed by atoms with van der Waals surface area (Å²) >= 11 is 0. The summed E-state index contributed by atoms with van der Waals surface area (Å²) in [6.07, 6.45) is 1.56. The topological polar surface area (TPSA) is 95.5 Å². The summed E-state index contributed by atoms with van der Waals surface area (Å²) in [5, 5.41) is 13.8. The summed E-state index contributed by atoms with van der Waals surface area (Å²) in [6.45, 7) is 6.22. The standard InChI is InChI=1S/C13H24N2O4/c1-13(2,3)12(19)15-9-7-10(16)14-8-5-4-6-11(17)18/h4-9H2,1-3H3,(H,14,16)(H,15,19)(H,17,18). The van der Waals surface area contributed by atoms with Crippen LogP contribution < -0.4 is 10.6 Å². The fourth-order valence-electron chi connectivity index (χ4n) is 1.27. The minimum Gasteiger partial charge on any atom is -0.481 e. The normalized spacial score (nSPS) is 10.9. The highest BCUT2D eigenvalue weighted by Crippen LogP contribution is 2.11. The first-order chi connectivity index (χ1) is 8.73. The van der Waals surface area contributed by atoms with Crippen LogP contribution in [0.15, 0.2) is 0 Å². The van der Waals surface area contributed by atoms with Crippen LogP contribution in [0.1, 0.15) is 46.5 Å². The van der Waals surface area contributed by atoms with Gasteiger partial charge in [-0.2, -0.15) is 0 Å². The van der Waals surface area contributed by atoms with E-state index < -0.39 is 11.4 Å². The Morgan fingerprint density at radius 1 is 0.947 bits per heavy atom. The molecule has 6 heteroatoms. The molecule has 0 saturated carbocycles. The molecule has 3 N–H and O–H groups in total. The molecule has 0 rings (SSSR count). The largest absolute Gasteiger partial charge is 0.481 e. The van der Waals surface area contributed by atoms with Gasteiger partial charge in [-0.25, -0.2) is 0 Å². The first-order valence-electron chi connectivity index (χ1n) is 6.50. The van der Waals surface area contributed by atoms with Gasteiger partial charge >= 0.3 is 5.97 Å². The number of rotatable bonds is 8. The maximum absolute atomic E-state index is 11.5. The second-order valence-electron chi connectivity index (χ2n) is 5.46. The quantitative estimate of drug-likeness (QED) is 0.572. The second-order valence-corrected chi connectivity index (χ2v) is 5.46. The zero-order valence-corrected chi connectivity index (χ0v) is 11.9. The van der Waals surface area contributed by atoms with Crippen molar-refractivity contribution in [2.75, 3.05) is 13.1 Å². The third-order valence-corrected chi connectivity index (χ3v) is 2.46. The number of hydrogen-bond acceptors (Lipinski definition) is 3. The number of aliphatic carboxylic acids is 1. The Labute approximate surface area is 113 Å². The molecule has 0 fully saturated rings. The van der Waals surface area contributed by atoms with Gasteiger partial charge in [-0.15, -0.1) is 0 Å². The van der Waals surface area contributed by atoms with Crippen molar-refractivity contribution in [3.63, 3.8) is 0 Å². The Morgan fingerprint density at radius 2 is 1.58 bits per heavy atom. The van der Waals surface area contributed by atoms with Crippen LogP contribution in [0.25, 0.3) is 0 Å². The van der Waals surface area contributed by atoms with E-state index in [0.29, 0.717) is 25.9 Å². The molecule has 0 radical (unpaired) electrons. The molecule has 0 saturated heterocycles. The van der Waals surface area contributed by atoms with Gasteiger partial charge in [0.1, 0.15) is 0 Å². The van der Waals surface area contributed by atoms with Crippen LogP contribution in [0.3, 0.4) is 0 Å². The third kappa shape index (κ3) is 10.1. The molecule has 2 amide bonds. The highest BCUT2D eigenvalue weighted by molar-refractivity contribution is 5.82. The molecule has 19 heavy (non-hydrogen) atoms. The Hall–Kier alpha value is -1.59. The van der Waals surface area contributed by atoms with Crippen LogP contribution in [-0.2, 0) is 14.4 Å². The lowest BCUT2D eigenvalue weighted by Crippen LogP contribution is -2.37. The molecule has 0 aliphatic rings. The third-order valence-electron chi connectivity index (χ3n) is 2.46. The number of carboxylic acid groups (broad SMARTS) is 1. The predicted molar refractivity (Wildman–Crippen MR) is 71.6 cm³/mol. The first kappa shape index (κ1) is 17.4. The summed E-state index contributed by atoms with van der Waals surface area (Å²) in [5.41, 5.74) is -0.451. The molecule has 0 aromatic rings. The Kier molecular flexibility index (Phi) is 7.79. The Bertz CT molecular complexity index is 321. The summed E-state index contributed by atoms with van der Waals surface area (Å²) in [4.78, 5) is 33.2. The molecular weight excluding hydrogens is 248 g/mol. The van der Waals surface area contributed by atoms with Gasteiger partial charge in [0.25, 0.3) is 0 Å². The van der Waals surface area contributed by atoms with Crippen molar-refractivity contribution >= 4 is 17.8 Å². The van der Waals surface area contributed by atoms with Gasteiger partial charge in [0.05, 0.1) is 0 Å². The summed E-state index contributed by atoms with van der Waals surface area (Å²) in [7, 11) is 0. The van der Waals surface area contributed by atoms with Gasteiger partial charge in [-0.05, 0) is 12.8 Å². The summed E-state index contributed by atoms with van der Waals surface area (Å²) < 4.78 is 0. The lowest BCUT2D eigenvalue weighted by atomic mass is 9.96. The number of carbonyl (C=O) groups excluding carboxylic acids is 2. The molecule has 0 unspecified atom stereocenters. The number of carboxylic acids is 1.